The lowest BCUT2D eigenvalue weighted by molar-refractivity contribution is 0.234. The molecule has 180 valence electrons. The maximum atomic E-state index is 12.9. The molecule has 2 aromatic carbocycles. The SMILES string of the molecule is C=CCn1c(NC2CC(c3ccc(OCc4ccccc4)cc3)CN(C)C2)nc2cc[nH]c2c1=O. The predicted octanol–water partition coefficient (Wildman–Crippen LogP) is 4.39. The Morgan fingerprint density at radius 1 is 1.14 bits per heavy atom. The molecule has 5 rings (SSSR count). The number of allylic oxidation sites excluding steroid dienone is 1. The number of hydrogen-bond acceptors (Lipinski definition) is 5. The van der Waals surface area contributed by atoms with Crippen LogP contribution >= 0.6 is 0 Å². The zero-order valence-corrected chi connectivity index (χ0v) is 20.0. The number of ether oxygens (including phenoxy) is 1. The van der Waals surface area contributed by atoms with Gasteiger partial charge in [-0.1, -0.05) is 48.5 Å². The van der Waals surface area contributed by atoms with E-state index in [0.29, 0.717) is 36.1 Å². The van der Waals surface area contributed by atoms with Gasteiger partial charge in [0.1, 0.15) is 17.9 Å². The molecule has 2 N–H and O–H groups in total. The van der Waals surface area contributed by atoms with Crippen molar-refractivity contribution >= 4 is 17.0 Å². The lowest BCUT2D eigenvalue weighted by atomic mass is 9.88. The number of rotatable bonds is 8. The minimum Gasteiger partial charge on any atom is -0.489 e. The molecule has 1 fully saturated rings. The summed E-state index contributed by atoms with van der Waals surface area (Å²) in [4.78, 5) is 23.0. The van der Waals surface area contributed by atoms with Gasteiger partial charge in [0.25, 0.3) is 5.56 Å². The molecule has 4 aromatic rings. The Hall–Kier alpha value is -3.84. The smallest absolute Gasteiger partial charge is 0.279 e. The van der Waals surface area contributed by atoms with Gasteiger partial charge in [0, 0.05) is 31.9 Å². The van der Waals surface area contributed by atoms with Crippen LogP contribution in [-0.2, 0) is 13.2 Å². The molecule has 7 nitrogen and oxygen atoms in total. The molecule has 1 saturated heterocycles. The van der Waals surface area contributed by atoms with E-state index in [2.05, 4.69) is 65.2 Å². The third-order valence-electron chi connectivity index (χ3n) is 6.54. The van der Waals surface area contributed by atoms with Crippen LogP contribution in [-0.4, -0.2) is 45.6 Å². The predicted molar refractivity (Wildman–Crippen MR) is 140 cm³/mol. The minimum atomic E-state index is -0.0887. The molecular weight excluding hydrogens is 438 g/mol. The van der Waals surface area contributed by atoms with Gasteiger partial charge in [0.2, 0.25) is 5.95 Å². The number of likely N-dealkylation sites (tertiary alicyclic amines) is 1. The highest BCUT2D eigenvalue weighted by molar-refractivity contribution is 5.75. The Morgan fingerprint density at radius 3 is 2.71 bits per heavy atom. The number of likely N-dealkylation sites (N-methyl/N-ethyl adjacent to an activating group) is 1. The molecule has 0 aliphatic carbocycles. The molecule has 0 spiro atoms. The average Bonchev–Trinajstić information content (AvgIpc) is 3.35. The summed E-state index contributed by atoms with van der Waals surface area (Å²) >= 11 is 0. The third-order valence-corrected chi connectivity index (χ3v) is 6.54. The number of aromatic nitrogens is 3. The van der Waals surface area contributed by atoms with Crippen molar-refractivity contribution in [2.24, 2.45) is 0 Å². The van der Waals surface area contributed by atoms with Gasteiger partial charge in [-0.25, -0.2) is 4.98 Å². The first-order valence-electron chi connectivity index (χ1n) is 12.0. The first-order valence-corrected chi connectivity index (χ1v) is 12.0. The number of benzene rings is 2. The van der Waals surface area contributed by atoms with E-state index in [9.17, 15) is 4.79 Å². The fourth-order valence-corrected chi connectivity index (χ4v) is 4.87. The highest BCUT2D eigenvalue weighted by Crippen LogP contribution is 2.29. The van der Waals surface area contributed by atoms with Gasteiger partial charge in [0.05, 0.1) is 5.52 Å². The number of hydrogen-bond donors (Lipinski definition) is 2. The number of nitrogens with one attached hydrogen (secondary N) is 2. The maximum absolute atomic E-state index is 12.9. The summed E-state index contributed by atoms with van der Waals surface area (Å²) in [6.07, 6.45) is 4.42. The van der Waals surface area contributed by atoms with Gasteiger partial charge < -0.3 is 19.9 Å². The van der Waals surface area contributed by atoms with Crippen LogP contribution in [0.2, 0.25) is 0 Å². The van der Waals surface area contributed by atoms with Gasteiger partial charge in [-0.2, -0.15) is 0 Å². The van der Waals surface area contributed by atoms with Crippen molar-refractivity contribution in [3.05, 3.63) is 101 Å². The molecular formula is C28H31N5O2. The fraction of sp³-hybridized carbons (Fsp3) is 0.286. The summed E-state index contributed by atoms with van der Waals surface area (Å²) in [7, 11) is 2.14. The second-order valence-electron chi connectivity index (χ2n) is 9.22. The van der Waals surface area contributed by atoms with Crippen molar-refractivity contribution in [2.45, 2.75) is 31.5 Å². The van der Waals surface area contributed by atoms with E-state index in [4.69, 9.17) is 9.72 Å². The number of anilines is 1. The molecule has 2 atom stereocenters. The van der Waals surface area contributed by atoms with E-state index in [1.54, 1.807) is 16.8 Å². The van der Waals surface area contributed by atoms with Crippen LogP contribution in [0.1, 0.15) is 23.5 Å². The third kappa shape index (κ3) is 5.15. The van der Waals surface area contributed by atoms with Crippen LogP contribution in [0.3, 0.4) is 0 Å². The molecule has 0 saturated carbocycles. The summed E-state index contributed by atoms with van der Waals surface area (Å²) in [6.45, 7) is 6.63. The van der Waals surface area contributed by atoms with E-state index in [1.807, 2.05) is 24.3 Å². The van der Waals surface area contributed by atoms with Gasteiger partial charge >= 0.3 is 0 Å². The van der Waals surface area contributed by atoms with Crippen LogP contribution in [0.25, 0.3) is 11.0 Å². The van der Waals surface area contributed by atoms with Gasteiger partial charge in [0.15, 0.2) is 0 Å². The van der Waals surface area contributed by atoms with Crippen LogP contribution in [0.15, 0.2) is 84.3 Å². The molecule has 2 unspecified atom stereocenters. The molecule has 0 radical (unpaired) electrons. The average molecular weight is 470 g/mol. The lowest BCUT2D eigenvalue weighted by Crippen LogP contribution is -2.44. The van der Waals surface area contributed by atoms with Gasteiger partial charge in [-0.15, -0.1) is 6.58 Å². The summed E-state index contributed by atoms with van der Waals surface area (Å²) in [6, 6.07) is 20.6. The normalized spacial score (nSPS) is 18.4. The zero-order valence-electron chi connectivity index (χ0n) is 20.0. The fourth-order valence-electron chi connectivity index (χ4n) is 4.87. The molecule has 0 amide bonds. The summed E-state index contributed by atoms with van der Waals surface area (Å²) < 4.78 is 7.60. The minimum absolute atomic E-state index is 0.0887. The van der Waals surface area contributed by atoms with Gasteiger partial charge in [-0.3, -0.25) is 9.36 Å². The van der Waals surface area contributed by atoms with Crippen molar-refractivity contribution in [1.82, 2.24) is 19.4 Å². The van der Waals surface area contributed by atoms with Crippen LogP contribution < -0.4 is 15.6 Å². The standard InChI is InChI=1S/C28H31N5O2/c1-3-15-33-27(34)26-25(13-14-29-26)31-28(33)30-23-16-22(17-32(2)18-23)21-9-11-24(12-10-21)35-19-20-7-5-4-6-8-20/h3-14,22-23,29H,1,15-19H2,2H3,(H,30,31). The Kier molecular flexibility index (Phi) is 6.68. The second kappa shape index (κ2) is 10.2. The molecule has 2 aromatic heterocycles. The van der Waals surface area contributed by atoms with Crippen molar-refractivity contribution in [2.75, 3.05) is 25.5 Å². The largest absolute Gasteiger partial charge is 0.489 e. The van der Waals surface area contributed by atoms with Crippen molar-refractivity contribution < 1.29 is 4.74 Å². The van der Waals surface area contributed by atoms with E-state index >= 15 is 0 Å². The Labute approximate surface area is 205 Å². The number of H-pyrrole nitrogens is 1. The van der Waals surface area contributed by atoms with Crippen molar-refractivity contribution in [3.8, 4) is 5.75 Å². The summed E-state index contributed by atoms with van der Waals surface area (Å²) in [5.41, 5.74) is 3.54. The summed E-state index contributed by atoms with van der Waals surface area (Å²) in [5, 5.41) is 3.56. The molecule has 7 heteroatoms. The Balaban J connectivity index is 1.30. The number of piperidine rings is 1. The van der Waals surface area contributed by atoms with Crippen LogP contribution in [0.5, 0.6) is 5.75 Å². The number of fused-ring (bicyclic) bond motifs is 1. The monoisotopic (exact) mass is 469 g/mol. The highest BCUT2D eigenvalue weighted by atomic mass is 16.5. The van der Waals surface area contributed by atoms with E-state index in [1.165, 1.54) is 5.56 Å². The Bertz CT molecular complexity index is 1340. The first-order chi connectivity index (χ1) is 17.1. The van der Waals surface area contributed by atoms with Gasteiger partial charge in [-0.05, 0) is 48.7 Å². The Morgan fingerprint density at radius 2 is 1.94 bits per heavy atom. The quantitative estimate of drug-likeness (QED) is 0.375. The van der Waals surface area contributed by atoms with Crippen LogP contribution in [0.4, 0.5) is 5.95 Å². The number of aromatic amines is 1. The summed E-state index contributed by atoms with van der Waals surface area (Å²) in [5.74, 6) is 1.82. The molecule has 35 heavy (non-hydrogen) atoms. The highest BCUT2D eigenvalue weighted by Gasteiger charge is 2.27. The van der Waals surface area contributed by atoms with Crippen LogP contribution in [0, 0.1) is 0 Å². The number of nitrogens with zero attached hydrogens (tertiary/aromatic N) is 3. The lowest BCUT2D eigenvalue weighted by Gasteiger charge is -2.36. The van der Waals surface area contributed by atoms with E-state index in [-0.39, 0.29) is 11.6 Å². The van der Waals surface area contributed by atoms with E-state index < -0.39 is 0 Å². The van der Waals surface area contributed by atoms with Crippen molar-refractivity contribution in [1.29, 1.82) is 0 Å². The van der Waals surface area contributed by atoms with Crippen molar-refractivity contribution in [3.63, 3.8) is 0 Å². The zero-order chi connectivity index (χ0) is 24.2. The molecule has 1 aliphatic heterocycles. The second-order valence-corrected chi connectivity index (χ2v) is 9.22. The molecule has 0 bridgehead atoms. The molecule has 3 heterocycles. The molecule has 1 aliphatic rings. The first kappa shape index (κ1) is 22.9. The maximum Gasteiger partial charge on any atom is 0.279 e. The van der Waals surface area contributed by atoms with E-state index in [0.717, 1.165) is 30.8 Å². The topological polar surface area (TPSA) is 75.2 Å².